The number of aromatic nitrogens is 3. The summed E-state index contributed by atoms with van der Waals surface area (Å²) < 4.78 is 1.87. The predicted molar refractivity (Wildman–Crippen MR) is 81.5 cm³/mol. The molecule has 2 aromatic rings. The Kier molecular flexibility index (Phi) is 4.36. The molecular weight excluding hydrogens is 296 g/mol. The Labute approximate surface area is 133 Å². The van der Waals surface area contributed by atoms with Gasteiger partial charge in [0.05, 0.1) is 37.3 Å². The molecule has 2 aromatic heterocycles. The summed E-state index contributed by atoms with van der Waals surface area (Å²) in [6, 6.07) is 5.58. The van der Waals surface area contributed by atoms with Crippen LogP contribution in [0.1, 0.15) is 23.4 Å². The van der Waals surface area contributed by atoms with Gasteiger partial charge < -0.3 is 10.0 Å². The Morgan fingerprint density at radius 2 is 2.00 bits per heavy atom. The average Bonchev–Trinajstić information content (AvgIpc) is 2.96. The first kappa shape index (κ1) is 15.2. The molecule has 1 aliphatic heterocycles. The molecule has 7 heteroatoms. The first-order valence-corrected chi connectivity index (χ1v) is 7.56. The van der Waals surface area contributed by atoms with E-state index in [2.05, 4.69) is 10.1 Å². The summed E-state index contributed by atoms with van der Waals surface area (Å²) in [4.78, 5) is 28.8. The summed E-state index contributed by atoms with van der Waals surface area (Å²) >= 11 is 0. The molecule has 0 atom stereocenters. The standard InChI is InChI=1S/C16H18N4O3/c21-15(9-12-3-5-17-6-4-12)19-7-8-20-14(11-19)10-13(18-20)1-2-16(22)23/h3-6,10H,1-2,7-9,11H2,(H,22,23). The van der Waals surface area contributed by atoms with Crippen LogP contribution in [0, 0.1) is 0 Å². The maximum absolute atomic E-state index is 12.4. The molecule has 0 fully saturated rings. The molecule has 3 rings (SSSR count). The lowest BCUT2D eigenvalue weighted by molar-refractivity contribution is -0.137. The second-order valence-electron chi connectivity index (χ2n) is 5.59. The van der Waals surface area contributed by atoms with E-state index >= 15 is 0 Å². The SMILES string of the molecule is O=C(O)CCc1cc2n(n1)CCN(C(=O)Cc1ccncc1)C2. The van der Waals surface area contributed by atoms with E-state index in [4.69, 9.17) is 5.11 Å². The van der Waals surface area contributed by atoms with E-state index in [1.54, 1.807) is 12.4 Å². The highest BCUT2D eigenvalue weighted by molar-refractivity contribution is 5.78. The number of amides is 1. The van der Waals surface area contributed by atoms with Crippen LogP contribution in [0.5, 0.6) is 0 Å². The lowest BCUT2D eigenvalue weighted by Gasteiger charge is -2.27. The van der Waals surface area contributed by atoms with E-state index in [0.29, 0.717) is 32.5 Å². The summed E-state index contributed by atoms with van der Waals surface area (Å²) in [5.74, 6) is -0.749. The average molecular weight is 314 g/mol. The van der Waals surface area contributed by atoms with Crippen molar-refractivity contribution in [3.8, 4) is 0 Å². The smallest absolute Gasteiger partial charge is 0.303 e. The largest absolute Gasteiger partial charge is 0.481 e. The number of aryl methyl sites for hydroxylation is 1. The number of fused-ring (bicyclic) bond motifs is 1. The van der Waals surface area contributed by atoms with Crippen molar-refractivity contribution in [3.63, 3.8) is 0 Å². The first-order valence-electron chi connectivity index (χ1n) is 7.56. The first-order chi connectivity index (χ1) is 11.1. The lowest BCUT2D eigenvalue weighted by Crippen LogP contribution is -2.39. The van der Waals surface area contributed by atoms with Gasteiger partial charge in [-0.25, -0.2) is 0 Å². The van der Waals surface area contributed by atoms with Gasteiger partial charge in [-0.1, -0.05) is 0 Å². The van der Waals surface area contributed by atoms with Crippen LogP contribution in [-0.2, 0) is 35.5 Å². The third-order valence-corrected chi connectivity index (χ3v) is 3.90. The summed E-state index contributed by atoms with van der Waals surface area (Å²) in [6.45, 7) is 1.78. The molecule has 1 aliphatic rings. The van der Waals surface area contributed by atoms with Gasteiger partial charge in [-0.2, -0.15) is 5.10 Å². The Morgan fingerprint density at radius 1 is 1.22 bits per heavy atom. The van der Waals surface area contributed by atoms with Crippen molar-refractivity contribution >= 4 is 11.9 Å². The molecule has 0 unspecified atom stereocenters. The molecule has 0 radical (unpaired) electrons. The third kappa shape index (κ3) is 3.74. The van der Waals surface area contributed by atoms with Gasteiger partial charge in [-0.05, 0) is 23.8 Å². The second kappa shape index (κ2) is 6.60. The van der Waals surface area contributed by atoms with Crippen LogP contribution in [0.25, 0.3) is 0 Å². The molecule has 0 bridgehead atoms. The predicted octanol–water partition coefficient (Wildman–Crippen LogP) is 0.880. The normalized spacial score (nSPS) is 13.7. The molecule has 0 aliphatic carbocycles. The number of carbonyl (C=O) groups excluding carboxylic acids is 1. The van der Waals surface area contributed by atoms with Gasteiger partial charge in [0.15, 0.2) is 0 Å². The maximum Gasteiger partial charge on any atom is 0.303 e. The van der Waals surface area contributed by atoms with E-state index in [1.807, 2.05) is 27.8 Å². The summed E-state index contributed by atoms with van der Waals surface area (Å²) in [5.41, 5.74) is 2.68. The highest BCUT2D eigenvalue weighted by Gasteiger charge is 2.22. The van der Waals surface area contributed by atoms with Crippen molar-refractivity contribution in [2.45, 2.75) is 32.4 Å². The second-order valence-corrected chi connectivity index (χ2v) is 5.59. The molecule has 0 spiro atoms. The van der Waals surface area contributed by atoms with Crippen LogP contribution < -0.4 is 0 Å². The van der Waals surface area contributed by atoms with Gasteiger partial charge in [-0.15, -0.1) is 0 Å². The van der Waals surface area contributed by atoms with E-state index < -0.39 is 5.97 Å². The van der Waals surface area contributed by atoms with Crippen molar-refractivity contribution in [3.05, 3.63) is 47.5 Å². The van der Waals surface area contributed by atoms with E-state index in [1.165, 1.54) is 0 Å². The monoisotopic (exact) mass is 314 g/mol. The van der Waals surface area contributed by atoms with Crippen molar-refractivity contribution in [2.24, 2.45) is 0 Å². The maximum atomic E-state index is 12.4. The van der Waals surface area contributed by atoms with Crippen LogP contribution in [-0.4, -0.2) is 43.2 Å². The van der Waals surface area contributed by atoms with Crippen LogP contribution in [0.4, 0.5) is 0 Å². The van der Waals surface area contributed by atoms with Crippen LogP contribution in [0.3, 0.4) is 0 Å². The lowest BCUT2D eigenvalue weighted by atomic mass is 10.1. The van der Waals surface area contributed by atoms with Crippen molar-refractivity contribution in [1.82, 2.24) is 19.7 Å². The fourth-order valence-corrected chi connectivity index (χ4v) is 2.68. The van der Waals surface area contributed by atoms with Gasteiger partial charge >= 0.3 is 5.97 Å². The van der Waals surface area contributed by atoms with Gasteiger partial charge in [0.2, 0.25) is 5.91 Å². The Bertz CT molecular complexity index is 711. The molecule has 1 N–H and O–H groups in total. The molecule has 23 heavy (non-hydrogen) atoms. The van der Waals surface area contributed by atoms with Gasteiger partial charge in [-0.3, -0.25) is 19.3 Å². The fraction of sp³-hybridized carbons (Fsp3) is 0.375. The molecule has 0 saturated heterocycles. The zero-order valence-corrected chi connectivity index (χ0v) is 12.7. The van der Waals surface area contributed by atoms with Crippen molar-refractivity contribution < 1.29 is 14.7 Å². The highest BCUT2D eigenvalue weighted by atomic mass is 16.4. The molecule has 1 amide bonds. The van der Waals surface area contributed by atoms with Gasteiger partial charge in [0.25, 0.3) is 0 Å². The number of aliphatic carboxylic acids is 1. The van der Waals surface area contributed by atoms with Crippen molar-refractivity contribution in [1.29, 1.82) is 0 Å². The number of nitrogens with zero attached hydrogens (tertiary/aromatic N) is 4. The van der Waals surface area contributed by atoms with Gasteiger partial charge in [0.1, 0.15) is 0 Å². The van der Waals surface area contributed by atoms with Crippen LogP contribution in [0.15, 0.2) is 30.6 Å². The Morgan fingerprint density at radius 3 is 2.74 bits per heavy atom. The number of rotatable bonds is 5. The van der Waals surface area contributed by atoms with E-state index in [9.17, 15) is 9.59 Å². The zero-order valence-electron chi connectivity index (χ0n) is 12.7. The topological polar surface area (TPSA) is 88.3 Å². The summed E-state index contributed by atoms with van der Waals surface area (Å²) in [6.07, 6.45) is 4.22. The fourth-order valence-electron chi connectivity index (χ4n) is 2.68. The number of pyridine rings is 1. The minimum absolute atomic E-state index is 0.0706. The number of carboxylic acids is 1. The molecule has 3 heterocycles. The molecule has 0 aromatic carbocycles. The van der Waals surface area contributed by atoms with E-state index in [0.717, 1.165) is 17.0 Å². The number of carbonyl (C=O) groups is 2. The van der Waals surface area contributed by atoms with Crippen LogP contribution >= 0.6 is 0 Å². The Hall–Kier alpha value is -2.70. The van der Waals surface area contributed by atoms with Crippen LogP contribution in [0.2, 0.25) is 0 Å². The molecule has 7 nitrogen and oxygen atoms in total. The highest BCUT2D eigenvalue weighted by Crippen LogP contribution is 2.16. The third-order valence-electron chi connectivity index (χ3n) is 3.90. The van der Waals surface area contributed by atoms with Gasteiger partial charge in [0, 0.05) is 25.4 Å². The number of hydrogen-bond donors (Lipinski definition) is 1. The number of hydrogen-bond acceptors (Lipinski definition) is 4. The summed E-state index contributed by atoms with van der Waals surface area (Å²) in [5, 5.41) is 13.1. The molecule has 0 saturated carbocycles. The quantitative estimate of drug-likeness (QED) is 0.885. The minimum Gasteiger partial charge on any atom is -0.481 e. The van der Waals surface area contributed by atoms with E-state index in [-0.39, 0.29) is 12.3 Å². The minimum atomic E-state index is -0.829. The van der Waals surface area contributed by atoms with Crippen molar-refractivity contribution in [2.75, 3.05) is 6.54 Å². The summed E-state index contributed by atoms with van der Waals surface area (Å²) in [7, 11) is 0. The zero-order chi connectivity index (χ0) is 16.2. The molecule has 120 valence electrons. The molecular formula is C16H18N4O3. The number of carboxylic acid groups (broad SMARTS) is 1. The Balaban J connectivity index is 1.63.